The minimum atomic E-state index is -0.289. The Kier molecular flexibility index (Phi) is 7.31. The van der Waals surface area contributed by atoms with Gasteiger partial charge in [0.1, 0.15) is 0 Å². The Balaban J connectivity index is 1.78. The van der Waals surface area contributed by atoms with Gasteiger partial charge in [0.05, 0.1) is 0 Å². The zero-order valence-corrected chi connectivity index (χ0v) is 19.6. The molecular formula is C26H34P2. The zero-order chi connectivity index (χ0) is 20.0. The number of hydrogen-bond acceptors (Lipinski definition) is 0. The maximum Gasteiger partial charge on any atom is 0.0265 e. The summed E-state index contributed by atoms with van der Waals surface area (Å²) in [7, 11) is -0.418. The van der Waals surface area contributed by atoms with Crippen LogP contribution in [0.15, 0.2) is 85.0 Å². The van der Waals surface area contributed by atoms with E-state index in [4.69, 9.17) is 0 Å². The summed E-state index contributed by atoms with van der Waals surface area (Å²) in [5.74, 6) is 0. The molecule has 0 saturated carbocycles. The van der Waals surface area contributed by atoms with Crippen LogP contribution >= 0.6 is 15.8 Å². The van der Waals surface area contributed by atoms with Crippen molar-refractivity contribution in [2.24, 2.45) is 0 Å². The van der Waals surface area contributed by atoms with Crippen molar-refractivity contribution in [1.29, 1.82) is 0 Å². The highest BCUT2D eigenvalue weighted by Gasteiger charge is 2.38. The van der Waals surface area contributed by atoms with Gasteiger partial charge in [-0.05, 0) is 55.8 Å². The predicted molar refractivity (Wildman–Crippen MR) is 131 cm³/mol. The molecule has 28 heavy (non-hydrogen) atoms. The van der Waals surface area contributed by atoms with Crippen molar-refractivity contribution in [2.75, 3.05) is 12.8 Å². The molecule has 0 N–H and O–H groups in total. The van der Waals surface area contributed by atoms with Gasteiger partial charge in [-0.25, -0.2) is 0 Å². The summed E-state index contributed by atoms with van der Waals surface area (Å²) in [6.45, 7) is 9.75. The molecule has 0 nitrogen and oxygen atoms in total. The van der Waals surface area contributed by atoms with Crippen LogP contribution in [0, 0.1) is 0 Å². The Morgan fingerprint density at radius 2 is 1.32 bits per heavy atom. The predicted octanol–water partition coefficient (Wildman–Crippen LogP) is 7.06. The molecule has 0 amide bonds. The van der Waals surface area contributed by atoms with Gasteiger partial charge >= 0.3 is 0 Å². The van der Waals surface area contributed by atoms with E-state index in [9.17, 15) is 0 Å². The van der Waals surface area contributed by atoms with Crippen LogP contribution in [0.3, 0.4) is 0 Å². The van der Waals surface area contributed by atoms with Crippen LogP contribution in [0.4, 0.5) is 0 Å². The lowest BCUT2D eigenvalue weighted by atomic mass is 9.97. The Hall–Kier alpha value is -1.22. The van der Waals surface area contributed by atoms with Crippen molar-refractivity contribution in [3.8, 4) is 0 Å². The molecule has 1 atom stereocenters. The van der Waals surface area contributed by atoms with Crippen molar-refractivity contribution in [1.82, 2.24) is 0 Å². The minimum absolute atomic E-state index is 0.130. The molecule has 1 aliphatic carbocycles. The summed E-state index contributed by atoms with van der Waals surface area (Å²) < 4.78 is 0. The molecule has 0 spiro atoms. The smallest absolute Gasteiger partial charge is 0.0265 e. The van der Waals surface area contributed by atoms with Gasteiger partial charge in [-0.2, -0.15) is 0 Å². The zero-order valence-electron chi connectivity index (χ0n) is 17.8. The largest absolute Gasteiger partial charge is 0.0900 e. The van der Waals surface area contributed by atoms with Crippen LogP contribution in [0.5, 0.6) is 0 Å². The average molecular weight is 409 g/mol. The van der Waals surface area contributed by atoms with Crippen molar-refractivity contribution >= 4 is 26.5 Å². The van der Waals surface area contributed by atoms with E-state index >= 15 is 0 Å². The monoisotopic (exact) mass is 408 g/mol. The van der Waals surface area contributed by atoms with Crippen molar-refractivity contribution in [3.05, 3.63) is 85.0 Å². The minimum Gasteiger partial charge on any atom is -0.0900 e. The molecule has 0 fully saturated rings. The Labute approximate surface area is 174 Å². The van der Waals surface area contributed by atoms with Gasteiger partial charge in [-0.15, -0.1) is 0 Å². The lowest BCUT2D eigenvalue weighted by molar-refractivity contribution is 0.684. The van der Waals surface area contributed by atoms with E-state index in [0.717, 1.165) is 6.42 Å². The molecule has 148 valence electrons. The van der Waals surface area contributed by atoms with Gasteiger partial charge in [-0.1, -0.05) is 114 Å². The molecule has 0 radical (unpaired) electrons. The molecule has 1 unspecified atom stereocenters. The van der Waals surface area contributed by atoms with Crippen molar-refractivity contribution in [2.45, 2.75) is 50.3 Å². The number of hydrogen-bond donors (Lipinski definition) is 0. The first-order valence-corrected chi connectivity index (χ1v) is 13.7. The molecule has 3 rings (SSSR count). The third-order valence-electron chi connectivity index (χ3n) is 5.81. The number of allylic oxidation sites excluding steroid dienone is 4. The SMILES string of the molecule is CP(C(C)(C)C)C1(CCCP(c2ccccc2)c2ccccc2)C=CCC=C1. The first-order valence-electron chi connectivity index (χ1n) is 10.4. The molecule has 1 aliphatic rings. The maximum absolute atomic E-state index is 2.54. The number of rotatable bonds is 7. The fourth-order valence-electron chi connectivity index (χ4n) is 4.00. The highest BCUT2D eigenvalue weighted by atomic mass is 31.1. The first-order chi connectivity index (χ1) is 13.4. The van der Waals surface area contributed by atoms with E-state index in [1.165, 1.54) is 29.6 Å². The highest BCUT2D eigenvalue weighted by Crippen LogP contribution is 2.61. The third kappa shape index (κ3) is 5.23. The molecule has 0 saturated heterocycles. The molecule has 0 aliphatic heterocycles. The third-order valence-corrected chi connectivity index (χ3v) is 12.2. The van der Waals surface area contributed by atoms with Gasteiger partial charge in [0.15, 0.2) is 0 Å². The Morgan fingerprint density at radius 1 is 0.821 bits per heavy atom. The highest BCUT2D eigenvalue weighted by molar-refractivity contribution is 7.73. The van der Waals surface area contributed by atoms with Crippen molar-refractivity contribution in [3.63, 3.8) is 0 Å². The van der Waals surface area contributed by atoms with Crippen LogP contribution in [0.2, 0.25) is 0 Å². The van der Waals surface area contributed by atoms with E-state index in [-0.39, 0.29) is 21.0 Å². The summed E-state index contributed by atoms with van der Waals surface area (Å²) in [6.07, 6.45) is 14.7. The van der Waals surface area contributed by atoms with E-state index in [2.05, 4.69) is 112 Å². The van der Waals surface area contributed by atoms with E-state index in [0.29, 0.717) is 5.16 Å². The molecule has 2 heteroatoms. The van der Waals surface area contributed by atoms with Crippen LogP contribution < -0.4 is 10.6 Å². The van der Waals surface area contributed by atoms with Gasteiger partial charge in [0.2, 0.25) is 0 Å². The fourth-order valence-corrected chi connectivity index (χ4v) is 8.76. The second kappa shape index (κ2) is 9.52. The summed E-state index contributed by atoms with van der Waals surface area (Å²) in [4.78, 5) is 0. The normalized spacial score (nSPS) is 17.0. The molecule has 2 aromatic carbocycles. The fraction of sp³-hybridized carbons (Fsp3) is 0.385. The average Bonchev–Trinajstić information content (AvgIpc) is 2.72. The second-order valence-corrected chi connectivity index (χ2v) is 14.3. The van der Waals surface area contributed by atoms with Gasteiger partial charge < -0.3 is 0 Å². The molecule has 0 bridgehead atoms. The Bertz CT molecular complexity index is 733. The summed E-state index contributed by atoms with van der Waals surface area (Å²) >= 11 is 0. The lowest BCUT2D eigenvalue weighted by Crippen LogP contribution is -2.31. The standard InChI is InChI=1S/C26H34P2/c1-25(2,3)27(4)26(19-12-7-13-20-26)21-14-22-28(23-15-8-5-9-16-23)24-17-10-6-11-18-24/h5-6,8-13,15-20H,7,14,21-22H2,1-4H3. The van der Waals surface area contributed by atoms with E-state index in [1.807, 2.05) is 0 Å². The quantitative estimate of drug-likeness (QED) is 0.340. The summed E-state index contributed by atoms with van der Waals surface area (Å²) in [5, 5.41) is 3.63. The molecule has 2 aromatic rings. The molecular weight excluding hydrogens is 374 g/mol. The topological polar surface area (TPSA) is 0 Å². The van der Waals surface area contributed by atoms with Gasteiger partial charge in [-0.3, -0.25) is 0 Å². The first kappa shape index (κ1) is 21.5. The van der Waals surface area contributed by atoms with Crippen molar-refractivity contribution < 1.29 is 0 Å². The maximum atomic E-state index is 2.54. The number of benzene rings is 2. The van der Waals surface area contributed by atoms with E-state index < -0.39 is 0 Å². The second-order valence-electron chi connectivity index (χ2n) is 8.69. The molecule has 0 heterocycles. The Morgan fingerprint density at radius 3 is 1.79 bits per heavy atom. The van der Waals surface area contributed by atoms with Gasteiger partial charge in [0.25, 0.3) is 0 Å². The van der Waals surface area contributed by atoms with E-state index in [1.54, 1.807) is 0 Å². The van der Waals surface area contributed by atoms with Crippen LogP contribution in [-0.4, -0.2) is 23.1 Å². The molecule has 0 aromatic heterocycles. The summed E-state index contributed by atoms with van der Waals surface area (Å²) in [5.41, 5.74) is 0. The van der Waals surface area contributed by atoms with Crippen LogP contribution in [0.25, 0.3) is 0 Å². The van der Waals surface area contributed by atoms with Crippen LogP contribution in [0.1, 0.15) is 40.0 Å². The summed E-state index contributed by atoms with van der Waals surface area (Å²) in [6, 6.07) is 22.3. The van der Waals surface area contributed by atoms with Gasteiger partial charge in [0, 0.05) is 5.16 Å². The lowest BCUT2D eigenvalue weighted by Gasteiger charge is -2.44. The van der Waals surface area contributed by atoms with Crippen LogP contribution in [-0.2, 0) is 0 Å².